The molecule has 7 nitrogen and oxygen atoms in total. The van der Waals surface area contributed by atoms with Crippen LogP contribution in [-0.2, 0) is 16.6 Å². The molecule has 0 fully saturated rings. The second-order valence-corrected chi connectivity index (χ2v) is 6.85. The molecule has 0 spiro atoms. The molecule has 0 atom stereocenters. The van der Waals surface area contributed by atoms with Gasteiger partial charge in [-0.15, -0.1) is 13.2 Å². The fourth-order valence-corrected chi connectivity index (χ4v) is 2.77. The first-order chi connectivity index (χ1) is 11.6. The second-order valence-electron chi connectivity index (χ2n) is 5.09. The van der Waals surface area contributed by atoms with Crippen LogP contribution in [0.4, 0.5) is 19.1 Å². The van der Waals surface area contributed by atoms with E-state index in [4.69, 9.17) is 0 Å². The molecule has 0 radical (unpaired) electrons. The molecule has 1 aromatic carbocycles. The summed E-state index contributed by atoms with van der Waals surface area (Å²) in [5.74, 6) is -0.0803. The molecule has 1 N–H and O–H groups in total. The van der Waals surface area contributed by atoms with E-state index >= 15 is 0 Å². The van der Waals surface area contributed by atoms with Crippen molar-refractivity contribution in [2.24, 2.45) is 0 Å². The number of aromatic nitrogens is 2. The highest BCUT2D eigenvalue weighted by atomic mass is 32.2. The minimum atomic E-state index is -4.84. The molecule has 1 aromatic heterocycles. The third-order valence-electron chi connectivity index (χ3n) is 2.91. The first-order valence-electron chi connectivity index (χ1n) is 6.91. The van der Waals surface area contributed by atoms with E-state index in [1.807, 2.05) is 0 Å². The van der Waals surface area contributed by atoms with Crippen molar-refractivity contribution >= 4 is 16.0 Å². The minimum Gasteiger partial charge on any atom is -0.406 e. The number of nitrogens with one attached hydrogen (secondary N) is 1. The van der Waals surface area contributed by atoms with Crippen molar-refractivity contribution in [2.75, 3.05) is 19.0 Å². The third-order valence-corrected chi connectivity index (χ3v) is 4.33. The molecule has 0 aliphatic carbocycles. The third kappa shape index (κ3) is 5.57. The number of anilines is 1. The zero-order valence-electron chi connectivity index (χ0n) is 13.3. The van der Waals surface area contributed by atoms with Crippen LogP contribution in [0, 0.1) is 0 Å². The lowest BCUT2D eigenvalue weighted by atomic mass is 10.3. The summed E-state index contributed by atoms with van der Waals surface area (Å²) in [5.41, 5.74) is 0.444. The molecule has 0 unspecified atom stereocenters. The molecular formula is C14H15F3N4O3S. The van der Waals surface area contributed by atoms with E-state index in [9.17, 15) is 21.6 Å². The van der Waals surface area contributed by atoms with E-state index in [-0.39, 0.29) is 11.4 Å². The van der Waals surface area contributed by atoms with Crippen molar-refractivity contribution in [3.8, 4) is 5.75 Å². The predicted octanol–water partition coefficient (Wildman–Crippen LogP) is 1.92. The average molecular weight is 376 g/mol. The number of hydrogen-bond acceptors (Lipinski definition) is 6. The Hall–Kier alpha value is -2.40. The lowest BCUT2D eigenvalue weighted by Gasteiger charge is -2.12. The number of alkyl halides is 3. The van der Waals surface area contributed by atoms with Crippen molar-refractivity contribution in [1.29, 1.82) is 0 Å². The maximum Gasteiger partial charge on any atom is 0.573 e. The van der Waals surface area contributed by atoms with Crippen LogP contribution >= 0.6 is 0 Å². The van der Waals surface area contributed by atoms with E-state index in [0.29, 0.717) is 11.6 Å². The van der Waals surface area contributed by atoms with Crippen molar-refractivity contribution < 1.29 is 26.3 Å². The van der Waals surface area contributed by atoms with Gasteiger partial charge in [0.15, 0.2) is 0 Å². The highest BCUT2D eigenvalue weighted by Gasteiger charge is 2.31. The SMILES string of the molecule is CN(C)c1nccc(CNS(=O)(=O)c2ccc(OC(F)(F)F)cc2)n1. The molecule has 11 heteroatoms. The molecule has 25 heavy (non-hydrogen) atoms. The van der Waals surface area contributed by atoms with Crippen molar-refractivity contribution in [1.82, 2.24) is 14.7 Å². The van der Waals surface area contributed by atoms with Crippen molar-refractivity contribution in [3.63, 3.8) is 0 Å². The van der Waals surface area contributed by atoms with Crippen LogP contribution in [0.5, 0.6) is 5.75 Å². The Labute approximate surface area is 142 Å². The van der Waals surface area contributed by atoms with Crippen LogP contribution in [-0.4, -0.2) is 38.8 Å². The molecular weight excluding hydrogens is 361 g/mol. The lowest BCUT2D eigenvalue weighted by molar-refractivity contribution is -0.274. The lowest BCUT2D eigenvalue weighted by Crippen LogP contribution is -2.24. The van der Waals surface area contributed by atoms with E-state index in [0.717, 1.165) is 24.3 Å². The molecule has 136 valence electrons. The number of nitrogens with zero attached hydrogens (tertiary/aromatic N) is 3. The smallest absolute Gasteiger partial charge is 0.406 e. The summed E-state index contributed by atoms with van der Waals surface area (Å²) in [7, 11) is -0.425. The standard InChI is InChI=1S/C14H15F3N4O3S/c1-21(2)13-18-8-7-10(20-13)9-19-25(22,23)12-5-3-11(4-6-12)24-14(15,16)17/h3-8,19H,9H2,1-2H3. The van der Waals surface area contributed by atoms with Gasteiger partial charge in [-0.2, -0.15) is 0 Å². The highest BCUT2D eigenvalue weighted by Crippen LogP contribution is 2.23. The van der Waals surface area contributed by atoms with Crippen LogP contribution in [0.2, 0.25) is 0 Å². The summed E-state index contributed by atoms with van der Waals surface area (Å²) in [5, 5.41) is 0. The zero-order chi connectivity index (χ0) is 18.7. The van der Waals surface area contributed by atoms with E-state index in [1.165, 1.54) is 6.20 Å². The Morgan fingerprint density at radius 2 is 1.80 bits per heavy atom. The van der Waals surface area contributed by atoms with Crippen LogP contribution < -0.4 is 14.4 Å². The minimum absolute atomic E-state index is 0.0908. The second kappa shape index (κ2) is 7.23. The summed E-state index contributed by atoms with van der Waals surface area (Å²) >= 11 is 0. The Bertz CT molecular complexity index is 824. The average Bonchev–Trinajstić information content (AvgIpc) is 2.52. The number of hydrogen-bond donors (Lipinski definition) is 1. The highest BCUT2D eigenvalue weighted by molar-refractivity contribution is 7.89. The predicted molar refractivity (Wildman–Crippen MR) is 83.5 cm³/mol. The number of sulfonamides is 1. The fourth-order valence-electron chi connectivity index (χ4n) is 1.77. The van der Waals surface area contributed by atoms with Gasteiger partial charge in [0.2, 0.25) is 16.0 Å². The van der Waals surface area contributed by atoms with Crippen LogP contribution in [0.25, 0.3) is 0 Å². The van der Waals surface area contributed by atoms with Crippen molar-refractivity contribution in [3.05, 3.63) is 42.2 Å². The number of halogens is 3. The van der Waals surface area contributed by atoms with Crippen LogP contribution in [0.3, 0.4) is 0 Å². The van der Waals surface area contributed by atoms with Gasteiger partial charge in [-0.1, -0.05) is 0 Å². The zero-order valence-corrected chi connectivity index (χ0v) is 14.1. The molecule has 0 saturated carbocycles. The van der Waals surface area contributed by atoms with Gasteiger partial charge < -0.3 is 9.64 Å². The summed E-state index contributed by atoms with van der Waals surface area (Å²) < 4.78 is 66.7. The maximum atomic E-state index is 12.2. The number of benzene rings is 1. The maximum absolute atomic E-state index is 12.2. The summed E-state index contributed by atoms with van der Waals surface area (Å²) in [6.45, 7) is -0.0908. The quantitative estimate of drug-likeness (QED) is 0.829. The van der Waals surface area contributed by atoms with E-state index in [1.54, 1.807) is 25.1 Å². The molecule has 0 saturated heterocycles. The monoisotopic (exact) mass is 376 g/mol. The van der Waals surface area contributed by atoms with Gasteiger partial charge in [-0.3, -0.25) is 0 Å². The van der Waals surface area contributed by atoms with Gasteiger partial charge in [-0.25, -0.2) is 23.1 Å². The molecule has 0 aliphatic heterocycles. The summed E-state index contributed by atoms with van der Waals surface area (Å²) in [6, 6.07) is 5.45. The fraction of sp³-hybridized carbons (Fsp3) is 0.286. The van der Waals surface area contributed by atoms with Gasteiger partial charge in [0, 0.05) is 20.3 Å². The largest absolute Gasteiger partial charge is 0.573 e. The van der Waals surface area contributed by atoms with Crippen LogP contribution in [0.1, 0.15) is 5.69 Å². The molecule has 2 aromatic rings. The van der Waals surface area contributed by atoms with E-state index < -0.39 is 22.1 Å². The number of ether oxygens (including phenoxy) is 1. The van der Waals surface area contributed by atoms with Crippen LogP contribution in [0.15, 0.2) is 41.4 Å². The van der Waals surface area contributed by atoms with Gasteiger partial charge in [0.25, 0.3) is 0 Å². The molecule has 0 bridgehead atoms. The van der Waals surface area contributed by atoms with Gasteiger partial charge in [0.05, 0.1) is 17.1 Å². The first kappa shape index (κ1) is 18.9. The Balaban J connectivity index is 2.07. The molecule has 1 heterocycles. The Morgan fingerprint density at radius 1 is 1.16 bits per heavy atom. The Kier molecular flexibility index (Phi) is 5.48. The topological polar surface area (TPSA) is 84.4 Å². The molecule has 0 aliphatic rings. The number of rotatable bonds is 6. The summed E-state index contributed by atoms with van der Waals surface area (Å²) in [6.07, 6.45) is -3.34. The summed E-state index contributed by atoms with van der Waals surface area (Å²) in [4.78, 5) is 9.65. The van der Waals surface area contributed by atoms with Crippen molar-refractivity contribution in [2.45, 2.75) is 17.8 Å². The van der Waals surface area contributed by atoms with Gasteiger partial charge >= 0.3 is 6.36 Å². The molecule has 2 rings (SSSR count). The normalized spacial score (nSPS) is 12.0. The van der Waals surface area contributed by atoms with Gasteiger partial charge in [-0.05, 0) is 30.3 Å². The van der Waals surface area contributed by atoms with E-state index in [2.05, 4.69) is 19.4 Å². The van der Waals surface area contributed by atoms with Gasteiger partial charge in [0.1, 0.15) is 5.75 Å². The Morgan fingerprint density at radius 3 is 2.36 bits per heavy atom. The molecule has 0 amide bonds. The first-order valence-corrected chi connectivity index (χ1v) is 8.40.